The Kier molecular flexibility index (Phi) is 1.97. The fourth-order valence-electron chi connectivity index (χ4n) is 1.01. The molecule has 0 radical (unpaired) electrons. The van der Waals surface area contributed by atoms with E-state index >= 15 is 0 Å². The number of carboxylic acid groups (broad SMARTS) is 1. The van der Waals surface area contributed by atoms with Crippen molar-refractivity contribution in [1.82, 2.24) is 14.6 Å². The van der Waals surface area contributed by atoms with Gasteiger partial charge in [-0.15, -0.1) is 5.10 Å². The molecule has 0 saturated carbocycles. The molecule has 2 rings (SSSR count). The van der Waals surface area contributed by atoms with Crippen LogP contribution in [0.3, 0.4) is 0 Å². The predicted molar refractivity (Wildman–Crippen MR) is 49.6 cm³/mol. The average molecular weight is 213 g/mol. The second-order valence-electron chi connectivity index (χ2n) is 2.51. The number of rotatable bonds is 1. The fourth-order valence-corrected chi connectivity index (χ4v) is 1.16. The fraction of sp³-hybridized carbons (Fsp3) is 0. The highest BCUT2D eigenvalue weighted by Crippen LogP contribution is 2.11. The number of anilines is 1. The van der Waals surface area contributed by atoms with Crippen LogP contribution in [0.5, 0.6) is 0 Å². The van der Waals surface area contributed by atoms with Crippen LogP contribution in [0.1, 0.15) is 0 Å². The molecule has 0 unspecified atom stereocenters. The van der Waals surface area contributed by atoms with Crippen LogP contribution in [0.15, 0.2) is 18.3 Å². The van der Waals surface area contributed by atoms with Gasteiger partial charge in [-0.2, -0.15) is 4.98 Å². The summed E-state index contributed by atoms with van der Waals surface area (Å²) >= 11 is 5.72. The number of aromatic nitrogens is 3. The number of halogens is 1. The van der Waals surface area contributed by atoms with E-state index in [9.17, 15) is 4.79 Å². The second-order valence-corrected chi connectivity index (χ2v) is 2.95. The third-order valence-electron chi connectivity index (χ3n) is 1.52. The zero-order valence-corrected chi connectivity index (χ0v) is 7.56. The monoisotopic (exact) mass is 212 g/mol. The highest BCUT2D eigenvalue weighted by Gasteiger charge is 2.05. The second kappa shape index (κ2) is 3.15. The lowest BCUT2D eigenvalue weighted by Crippen LogP contribution is -2.08. The van der Waals surface area contributed by atoms with E-state index < -0.39 is 6.09 Å². The smallest absolute Gasteiger partial charge is 0.411 e. The van der Waals surface area contributed by atoms with Crippen molar-refractivity contribution >= 4 is 29.3 Å². The van der Waals surface area contributed by atoms with Gasteiger partial charge in [0.1, 0.15) is 0 Å². The number of amides is 1. The van der Waals surface area contributed by atoms with Gasteiger partial charge in [0.15, 0.2) is 5.65 Å². The van der Waals surface area contributed by atoms with Gasteiger partial charge in [-0.25, -0.2) is 9.31 Å². The van der Waals surface area contributed by atoms with Gasteiger partial charge in [0.05, 0.1) is 0 Å². The predicted octanol–water partition coefficient (Wildman–Crippen LogP) is 1.47. The van der Waals surface area contributed by atoms with Crippen LogP contribution < -0.4 is 5.32 Å². The standard InChI is InChI=1S/C7H5ClN4O2/c8-4-1-2-12-5(3-4)9-6(11-12)10-7(13)14/h1-3H,(H,10,11)(H,13,14). The lowest BCUT2D eigenvalue weighted by atomic mass is 10.5. The lowest BCUT2D eigenvalue weighted by Gasteiger charge is -1.89. The summed E-state index contributed by atoms with van der Waals surface area (Å²) < 4.78 is 1.43. The first-order valence-corrected chi connectivity index (χ1v) is 4.05. The maximum Gasteiger partial charge on any atom is 0.411 e. The minimum absolute atomic E-state index is 0.0276. The van der Waals surface area contributed by atoms with Crippen LogP contribution in [-0.4, -0.2) is 25.8 Å². The number of pyridine rings is 1. The zero-order chi connectivity index (χ0) is 10.1. The van der Waals surface area contributed by atoms with E-state index in [4.69, 9.17) is 16.7 Å². The molecule has 6 nitrogen and oxygen atoms in total. The molecule has 7 heteroatoms. The van der Waals surface area contributed by atoms with Crippen LogP contribution in [0.2, 0.25) is 5.02 Å². The van der Waals surface area contributed by atoms with Gasteiger partial charge >= 0.3 is 6.09 Å². The van der Waals surface area contributed by atoms with Crippen molar-refractivity contribution < 1.29 is 9.90 Å². The molecule has 2 N–H and O–H groups in total. The van der Waals surface area contributed by atoms with E-state index in [1.807, 2.05) is 5.32 Å². The summed E-state index contributed by atoms with van der Waals surface area (Å²) in [5.74, 6) is 0.0276. The molecule has 1 amide bonds. The van der Waals surface area contributed by atoms with E-state index in [-0.39, 0.29) is 5.95 Å². The molecule has 72 valence electrons. The van der Waals surface area contributed by atoms with Crippen LogP contribution in [0.25, 0.3) is 5.65 Å². The van der Waals surface area contributed by atoms with E-state index in [0.29, 0.717) is 10.7 Å². The van der Waals surface area contributed by atoms with Crippen LogP contribution >= 0.6 is 11.6 Å². The highest BCUT2D eigenvalue weighted by molar-refractivity contribution is 6.30. The normalized spacial score (nSPS) is 10.4. The van der Waals surface area contributed by atoms with Crippen LogP contribution in [0.4, 0.5) is 10.7 Å². The lowest BCUT2D eigenvalue weighted by molar-refractivity contribution is 0.209. The number of nitrogens with zero attached hydrogens (tertiary/aromatic N) is 3. The van der Waals surface area contributed by atoms with Gasteiger partial charge in [0, 0.05) is 17.3 Å². The van der Waals surface area contributed by atoms with Gasteiger partial charge < -0.3 is 5.11 Å². The molecule has 0 aliphatic rings. The van der Waals surface area contributed by atoms with Crippen molar-refractivity contribution in [2.24, 2.45) is 0 Å². The molecule has 0 aliphatic heterocycles. The summed E-state index contributed by atoms with van der Waals surface area (Å²) in [7, 11) is 0. The molecule has 0 atom stereocenters. The van der Waals surface area contributed by atoms with Crippen molar-refractivity contribution in [2.45, 2.75) is 0 Å². The molecule has 2 heterocycles. The number of hydrogen-bond donors (Lipinski definition) is 2. The Labute approximate surface area is 83.1 Å². The van der Waals surface area contributed by atoms with E-state index in [1.165, 1.54) is 4.52 Å². The number of fused-ring (bicyclic) bond motifs is 1. The maximum atomic E-state index is 10.3. The summed E-state index contributed by atoms with van der Waals surface area (Å²) in [5.41, 5.74) is 0.487. The first-order chi connectivity index (χ1) is 6.65. The average Bonchev–Trinajstić information content (AvgIpc) is 2.44. The van der Waals surface area contributed by atoms with E-state index in [0.717, 1.165) is 0 Å². The molecule has 14 heavy (non-hydrogen) atoms. The van der Waals surface area contributed by atoms with Gasteiger partial charge in [-0.05, 0) is 6.07 Å². The Morgan fingerprint density at radius 3 is 3.14 bits per heavy atom. The molecule has 0 bridgehead atoms. The topological polar surface area (TPSA) is 79.5 Å². The quantitative estimate of drug-likeness (QED) is 0.750. The molecule has 0 aliphatic carbocycles. The van der Waals surface area contributed by atoms with Crippen molar-refractivity contribution in [1.29, 1.82) is 0 Å². The van der Waals surface area contributed by atoms with Gasteiger partial charge in [-0.3, -0.25) is 5.32 Å². The Balaban J connectivity index is 2.46. The number of carbonyl (C=O) groups is 1. The molecular formula is C7H5ClN4O2. The minimum Gasteiger partial charge on any atom is -0.465 e. The van der Waals surface area contributed by atoms with Crippen molar-refractivity contribution in [3.63, 3.8) is 0 Å². The zero-order valence-electron chi connectivity index (χ0n) is 6.81. The van der Waals surface area contributed by atoms with Crippen molar-refractivity contribution in [3.8, 4) is 0 Å². The Hall–Kier alpha value is -1.82. The maximum absolute atomic E-state index is 10.3. The molecule has 2 aromatic heterocycles. The van der Waals surface area contributed by atoms with Crippen molar-refractivity contribution in [3.05, 3.63) is 23.4 Å². The SMILES string of the molecule is O=C(O)Nc1nc2cc(Cl)ccn2n1. The summed E-state index contributed by atoms with van der Waals surface area (Å²) in [6, 6.07) is 3.22. The van der Waals surface area contributed by atoms with Gasteiger partial charge in [0.25, 0.3) is 5.95 Å². The molecule has 0 fully saturated rings. The summed E-state index contributed by atoms with van der Waals surface area (Å²) in [6.45, 7) is 0. The Bertz CT molecular complexity index is 495. The highest BCUT2D eigenvalue weighted by atomic mass is 35.5. The summed E-state index contributed by atoms with van der Waals surface area (Å²) in [6.07, 6.45) is 0.393. The van der Waals surface area contributed by atoms with E-state index in [2.05, 4.69) is 10.1 Å². The first-order valence-electron chi connectivity index (χ1n) is 3.67. The largest absolute Gasteiger partial charge is 0.465 e. The third-order valence-corrected chi connectivity index (χ3v) is 1.75. The molecule has 2 aromatic rings. The third kappa shape index (κ3) is 1.60. The molecular weight excluding hydrogens is 208 g/mol. The number of hydrogen-bond acceptors (Lipinski definition) is 3. The van der Waals surface area contributed by atoms with Gasteiger partial charge in [-0.1, -0.05) is 11.6 Å². The minimum atomic E-state index is -1.20. The summed E-state index contributed by atoms with van der Waals surface area (Å²) in [4.78, 5) is 14.2. The first kappa shape index (κ1) is 8.76. The molecule has 0 spiro atoms. The van der Waals surface area contributed by atoms with Crippen molar-refractivity contribution in [2.75, 3.05) is 5.32 Å². The van der Waals surface area contributed by atoms with Gasteiger partial charge in [0.2, 0.25) is 0 Å². The van der Waals surface area contributed by atoms with Crippen LogP contribution in [0, 0.1) is 0 Å². The molecule has 0 saturated heterocycles. The summed E-state index contributed by atoms with van der Waals surface area (Å²) in [5, 5.41) is 14.8. The molecule has 0 aromatic carbocycles. The van der Waals surface area contributed by atoms with Crippen LogP contribution in [-0.2, 0) is 0 Å². The van der Waals surface area contributed by atoms with E-state index in [1.54, 1.807) is 18.3 Å². The number of nitrogens with one attached hydrogen (secondary N) is 1. The Morgan fingerprint density at radius 1 is 1.64 bits per heavy atom. The Morgan fingerprint density at radius 2 is 2.43 bits per heavy atom.